The number of carbonyl (C=O) groups is 2. The van der Waals surface area contributed by atoms with E-state index >= 15 is 0 Å². The van der Waals surface area contributed by atoms with Gasteiger partial charge in [-0.3, -0.25) is 9.48 Å². The average Bonchev–Trinajstić information content (AvgIpc) is 3.04. The Morgan fingerprint density at radius 3 is 2.73 bits per heavy atom. The number of urea groups is 1. The molecule has 0 radical (unpaired) electrons. The van der Waals surface area contributed by atoms with Crippen LogP contribution in [-0.2, 0) is 16.6 Å². The zero-order valence-corrected chi connectivity index (χ0v) is 16.0. The van der Waals surface area contributed by atoms with Crippen molar-refractivity contribution in [2.24, 2.45) is 13.0 Å². The zero-order chi connectivity index (χ0) is 18.8. The Morgan fingerprint density at radius 1 is 1.38 bits per heavy atom. The molecule has 0 bridgehead atoms. The SMILES string of the molecule is CCOC1CC(NC(=O)NC[C@@H]2CC(=O)N(C)[C@H]2c2cnn(C)c2C)C1. The summed E-state index contributed by atoms with van der Waals surface area (Å²) in [7, 11) is 3.71. The van der Waals surface area contributed by atoms with Crippen molar-refractivity contribution in [2.75, 3.05) is 20.2 Å². The van der Waals surface area contributed by atoms with E-state index < -0.39 is 0 Å². The van der Waals surface area contributed by atoms with Gasteiger partial charge in [0.1, 0.15) is 0 Å². The molecule has 3 amide bonds. The first kappa shape index (κ1) is 18.7. The minimum Gasteiger partial charge on any atom is -0.378 e. The molecule has 0 spiro atoms. The van der Waals surface area contributed by atoms with E-state index in [1.165, 1.54) is 0 Å². The van der Waals surface area contributed by atoms with Crippen LogP contribution in [0.4, 0.5) is 4.79 Å². The largest absolute Gasteiger partial charge is 0.378 e. The van der Waals surface area contributed by atoms with Gasteiger partial charge in [-0.25, -0.2) is 4.79 Å². The molecule has 26 heavy (non-hydrogen) atoms. The first-order valence-corrected chi connectivity index (χ1v) is 9.30. The van der Waals surface area contributed by atoms with Crippen molar-refractivity contribution in [1.82, 2.24) is 25.3 Å². The molecule has 2 aliphatic rings. The Morgan fingerprint density at radius 2 is 2.12 bits per heavy atom. The minimum absolute atomic E-state index is 0.0405. The molecule has 2 atom stereocenters. The number of amides is 3. The normalized spacial score (nSPS) is 28.2. The number of ether oxygens (including phenoxy) is 1. The van der Waals surface area contributed by atoms with Crippen LogP contribution < -0.4 is 10.6 Å². The van der Waals surface area contributed by atoms with Crippen LogP contribution in [0.15, 0.2) is 6.20 Å². The summed E-state index contributed by atoms with van der Waals surface area (Å²) in [5, 5.41) is 10.2. The van der Waals surface area contributed by atoms with Crippen LogP contribution in [0.5, 0.6) is 0 Å². The number of aryl methyl sites for hydroxylation is 1. The fourth-order valence-electron chi connectivity index (χ4n) is 3.92. The first-order valence-electron chi connectivity index (χ1n) is 9.30. The maximum absolute atomic E-state index is 12.2. The maximum Gasteiger partial charge on any atom is 0.315 e. The van der Waals surface area contributed by atoms with Gasteiger partial charge in [-0.15, -0.1) is 0 Å². The van der Waals surface area contributed by atoms with Crippen LogP contribution in [0.2, 0.25) is 0 Å². The molecule has 0 unspecified atom stereocenters. The summed E-state index contributed by atoms with van der Waals surface area (Å²) in [6, 6.07) is -0.0491. The average molecular weight is 363 g/mol. The molecule has 8 heteroatoms. The van der Waals surface area contributed by atoms with E-state index in [0.717, 1.165) is 24.1 Å². The first-order chi connectivity index (χ1) is 12.4. The summed E-state index contributed by atoms with van der Waals surface area (Å²) in [6.07, 6.45) is 4.26. The minimum atomic E-state index is -0.173. The molecule has 1 saturated carbocycles. The Hall–Kier alpha value is -2.09. The summed E-state index contributed by atoms with van der Waals surface area (Å²) in [4.78, 5) is 26.2. The Labute approximate surface area is 154 Å². The molecule has 1 saturated heterocycles. The maximum atomic E-state index is 12.2. The highest BCUT2D eigenvalue weighted by Crippen LogP contribution is 2.37. The fourth-order valence-corrected chi connectivity index (χ4v) is 3.92. The Bertz CT molecular complexity index is 668. The summed E-state index contributed by atoms with van der Waals surface area (Å²) in [5.41, 5.74) is 2.09. The second-order valence-electron chi connectivity index (χ2n) is 7.32. The van der Waals surface area contributed by atoms with Crippen molar-refractivity contribution in [3.05, 3.63) is 17.5 Å². The number of nitrogens with zero attached hydrogens (tertiary/aromatic N) is 3. The summed E-state index contributed by atoms with van der Waals surface area (Å²) in [5.74, 6) is 0.141. The van der Waals surface area contributed by atoms with Gasteiger partial charge >= 0.3 is 6.03 Å². The quantitative estimate of drug-likeness (QED) is 0.793. The van der Waals surface area contributed by atoms with E-state index in [2.05, 4.69) is 15.7 Å². The smallest absolute Gasteiger partial charge is 0.315 e. The van der Waals surface area contributed by atoms with Crippen LogP contribution in [0.3, 0.4) is 0 Å². The van der Waals surface area contributed by atoms with Crippen LogP contribution in [0.25, 0.3) is 0 Å². The highest BCUT2D eigenvalue weighted by atomic mass is 16.5. The van der Waals surface area contributed by atoms with E-state index in [4.69, 9.17) is 4.74 Å². The summed E-state index contributed by atoms with van der Waals surface area (Å²) >= 11 is 0. The van der Waals surface area contributed by atoms with E-state index in [0.29, 0.717) is 19.6 Å². The highest BCUT2D eigenvalue weighted by molar-refractivity contribution is 5.80. The molecule has 2 heterocycles. The number of aromatic nitrogens is 2. The summed E-state index contributed by atoms with van der Waals surface area (Å²) in [6.45, 7) is 5.15. The van der Waals surface area contributed by atoms with E-state index in [1.54, 1.807) is 4.90 Å². The Kier molecular flexibility index (Phi) is 5.50. The van der Waals surface area contributed by atoms with Gasteiger partial charge < -0.3 is 20.3 Å². The molecular weight excluding hydrogens is 334 g/mol. The molecular formula is C18H29N5O3. The molecule has 1 aliphatic carbocycles. The number of hydrogen-bond acceptors (Lipinski definition) is 4. The lowest BCUT2D eigenvalue weighted by atomic mass is 9.89. The van der Waals surface area contributed by atoms with Crippen molar-refractivity contribution in [3.8, 4) is 0 Å². The van der Waals surface area contributed by atoms with Gasteiger partial charge in [-0.1, -0.05) is 0 Å². The van der Waals surface area contributed by atoms with Gasteiger partial charge in [0.2, 0.25) is 5.91 Å². The molecule has 2 N–H and O–H groups in total. The monoisotopic (exact) mass is 363 g/mol. The van der Waals surface area contributed by atoms with Gasteiger partial charge in [0.25, 0.3) is 0 Å². The molecule has 1 aromatic rings. The third kappa shape index (κ3) is 3.70. The van der Waals surface area contributed by atoms with Crippen molar-refractivity contribution >= 4 is 11.9 Å². The van der Waals surface area contributed by atoms with Crippen LogP contribution in [0, 0.1) is 12.8 Å². The van der Waals surface area contributed by atoms with Gasteiger partial charge in [0.15, 0.2) is 0 Å². The second-order valence-corrected chi connectivity index (χ2v) is 7.32. The number of carbonyl (C=O) groups excluding carboxylic acids is 2. The lowest BCUT2D eigenvalue weighted by Gasteiger charge is -2.35. The molecule has 8 nitrogen and oxygen atoms in total. The summed E-state index contributed by atoms with van der Waals surface area (Å²) < 4.78 is 7.32. The van der Waals surface area contributed by atoms with Crippen molar-refractivity contribution in [3.63, 3.8) is 0 Å². The standard InChI is InChI=1S/C18H29N5O3/c1-5-26-14-7-13(8-14)21-18(25)19-9-12-6-16(24)22(3)17(12)15-10-20-23(4)11(15)2/h10,12-14,17H,5-9H2,1-4H3,(H2,19,21,25)/t12-,13?,14?,17+/m0/s1. The molecule has 3 rings (SSSR count). The fraction of sp³-hybridized carbons (Fsp3) is 0.722. The number of likely N-dealkylation sites (tertiary alicyclic amines) is 1. The zero-order valence-electron chi connectivity index (χ0n) is 16.0. The van der Waals surface area contributed by atoms with E-state index in [-0.39, 0.29) is 36.0 Å². The molecule has 2 fully saturated rings. The van der Waals surface area contributed by atoms with Crippen molar-refractivity contribution in [2.45, 2.75) is 51.3 Å². The topological polar surface area (TPSA) is 88.5 Å². The molecule has 1 aliphatic heterocycles. The lowest BCUT2D eigenvalue weighted by Crippen LogP contribution is -2.51. The van der Waals surface area contributed by atoms with Gasteiger partial charge in [-0.2, -0.15) is 5.10 Å². The highest BCUT2D eigenvalue weighted by Gasteiger charge is 2.40. The predicted octanol–water partition coefficient (Wildman–Crippen LogP) is 1.11. The van der Waals surface area contributed by atoms with Gasteiger partial charge in [-0.05, 0) is 26.7 Å². The number of rotatable bonds is 6. The molecule has 0 aromatic carbocycles. The van der Waals surface area contributed by atoms with Crippen LogP contribution >= 0.6 is 0 Å². The van der Waals surface area contributed by atoms with Crippen LogP contribution in [-0.4, -0.2) is 59.0 Å². The van der Waals surface area contributed by atoms with Gasteiger partial charge in [0, 0.05) is 56.9 Å². The van der Waals surface area contributed by atoms with Gasteiger partial charge in [0.05, 0.1) is 18.3 Å². The molecule has 1 aromatic heterocycles. The van der Waals surface area contributed by atoms with Crippen molar-refractivity contribution < 1.29 is 14.3 Å². The molecule has 144 valence electrons. The lowest BCUT2D eigenvalue weighted by molar-refractivity contribution is -0.127. The third-order valence-electron chi connectivity index (χ3n) is 5.64. The third-order valence-corrected chi connectivity index (χ3v) is 5.64. The van der Waals surface area contributed by atoms with Crippen molar-refractivity contribution in [1.29, 1.82) is 0 Å². The van der Waals surface area contributed by atoms with Crippen LogP contribution in [0.1, 0.15) is 43.5 Å². The number of hydrogen-bond donors (Lipinski definition) is 2. The van der Waals surface area contributed by atoms with E-state index in [9.17, 15) is 9.59 Å². The second kappa shape index (κ2) is 7.65. The van der Waals surface area contributed by atoms with E-state index in [1.807, 2.05) is 38.8 Å². The number of nitrogens with one attached hydrogen (secondary N) is 2. The Balaban J connectivity index is 1.54. The predicted molar refractivity (Wildman–Crippen MR) is 96.5 cm³/mol.